The number of ketones is 1. The molecule has 3 nitrogen and oxygen atoms in total. The maximum absolute atomic E-state index is 12.3. The summed E-state index contributed by atoms with van der Waals surface area (Å²) >= 11 is 0. The van der Waals surface area contributed by atoms with Crippen LogP contribution >= 0.6 is 0 Å². The second-order valence-corrected chi connectivity index (χ2v) is 5.41. The van der Waals surface area contributed by atoms with Gasteiger partial charge in [-0.3, -0.25) is 4.79 Å². The van der Waals surface area contributed by atoms with Gasteiger partial charge in [-0.2, -0.15) is 0 Å². The van der Waals surface area contributed by atoms with Gasteiger partial charge in [0.25, 0.3) is 0 Å². The number of carbonyl (C=O) groups is 1. The fourth-order valence-corrected chi connectivity index (χ4v) is 2.21. The predicted molar refractivity (Wildman–Crippen MR) is 83.6 cm³/mol. The highest BCUT2D eigenvalue weighted by molar-refractivity contribution is 5.82. The summed E-state index contributed by atoms with van der Waals surface area (Å²) in [5, 5.41) is 9.16. The number of ether oxygens (including phenoxy) is 1. The van der Waals surface area contributed by atoms with E-state index in [2.05, 4.69) is 4.74 Å². The molecule has 0 aromatic heterocycles. The van der Waals surface area contributed by atoms with E-state index >= 15 is 0 Å². The van der Waals surface area contributed by atoms with E-state index in [0.717, 1.165) is 11.1 Å². The molecule has 0 saturated carbocycles. The Hall–Kier alpha value is -2.34. The number of rotatable bonds is 6. The lowest BCUT2D eigenvalue weighted by atomic mass is 10.0. The molecule has 2 aromatic carbocycles. The molecule has 1 unspecified atom stereocenters. The lowest BCUT2D eigenvalue weighted by molar-refractivity contribution is -0.274. The van der Waals surface area contributed by atoms with E-state index in [1.165, 1.54) is 25.1 Å². The van der Waals surface area contributed by atoms with Gasteiger partial charge in [0.2, 0.25) is 0 Å². The molecule has 24 heavy (non-hydrogen) atoms. The molecule has 0 aliphatic rings. The van der Waals surface area contributed by atoms with Crippen molar-refractivity contribution in [3.8, 4) is 16.9 Å². The molecule has 0 aliphatic carbocycles. The van der Waals surface area contributed by atoms with Crippen molar-refractivity contribution < 1.29 is 27.8 Å². The molecule has 0 spiro atoms. The molecule has 0 amide bonds. The van der Waals surface area contributed by atoms with Crippen LogP contribution in [0.5, 0.6) is 5.75 Å². The number of aryl methyl sites for hydroxylation is 1. The topological polar surface area (TPSA) is 46.5 Å². The van der Waals surface area contributed by atoms with Gasteiger partial charge in [-0.1, -0.05) is 36.4 Å². The van der Waals surface area contributed by atoms with Crippen molar-refractivity contribution in [1.82, 2.24) is 0 Å². The molecule has 1 atom stereocenters. The van der Waals surface area contributed by atoms with Crippen LogP contribution in [0.25, 0.3) is 11.1 Å². The Labute approximate surface area is 137 Å². The highest BCUT2D eigenvalue weighted by Crippen LogP contribution is 2.28. The fourth-order valence-electron chi connectivity index (χ4n) is 2.21. The summed E-state index contributed by atoms with van der Waals surface area (Å²) < 4.78 is 40.7. The van der Waals surface area contributed by atoms with Crippen LogP contribution in [0.2, 0.25) is 0 Å². The fraction of sp³-hybridized carbons (Fsp3) is 0.278. The monoisotopic (exact) mass is 338 g/mol. The number of hydrogen-bond acceptors (Lipinski definition) is 3. The molecule has 2 rings (SSSR count). The molecule has 0 fully saturated rings. The van der Waals surface area contributed by atoms with Gasteiger partial charge in [0.05, 0.1) is 0 Å². The molecular weight excluding hydrogens is 321 g/mol. The van der Waals surface area contributed by atoms with Crippen molar-refractivity contribution in [2.75, 3.05) is 0 Å². The van der Waals surface area contributed by atoms with Crippen LogP contribution < -0.4 is 4.74 Å². The molecule has 2 aromatic rings. The molecule has 6 heteroatoms. The van der Waals surface area contributed by atoms with E-state index in [4.69, 9.17) is 5.11 Å². The Morgan fingerprint density at radius 2 is 1.79 bits per heavy atom. The second-order valence-electron chi connectivity index (χ2n) is 5.41. The number of alkyl halides is 3. The smallest absolute Gasteiger partial charge is 0.406 e. The zero-order chi connectivity index (χ0) is 17.7. The van der Waals surface area contributed by atoms with Crippen LogP contribution in [0.1, 0.15) is 18.9 Å². The van der Waals surface area contributed by atoms with Gasteiger partial charge in [0.15, 0.2) is 5.78 Å². The number of carbonyl (C=O) groups excluding carboxylic acids is 1. The normalized spacial score (nSPS) is 12.7. The van der Waals surface area contributed by atoms with Gasteiger partial charge in [-0.05, 0) is 42.2 Å². The Bertz CT molecular complexity index is 691. The molecule has 0 saturated heterocycles. The first-order valence-electron chi connectivity index (χ1n) is 7.40. The Kier molecular flexibility index (Phi) is 5.62. The first kappa shape index (κ1) is 18.0. The lowest BCUT2D eigenvalue weighted by Gasteiger charge is -2.10. The van der Waals surface area contributed by atoms with Gasteiger partial charge in [-0.25, -0.2) is 0 Å². The first-order valence-corrected chi connectivity index (χ1v) is 7.40. The molecule has 0 radical (unpaired) electrons. The molecular formula is C18H17F3O3. The number of Topliss-reactive ketones (excluding diaryl/α,β-unsaturated/α-hetero) is 1. The summed E-state index contributed by atoms with van der Waals surface area (Å²) in [5.41, 5.74) is 2.26. The Morgan fingerprint density at radius 1 is 1.12 bits per heavy atom. The standard InChI is InChI=1S/C18H17F3O3/c1-12(22)17(23)10-7-13-5-8-14(9-6-13)15-3-2-4-16(11-15)24-18(19,20)21/h2-6,8-9,11-12,22H,7,10H2,1H3. The third-order valence-electron chi connectivity index (χ3n) is 3.48. The summed E-state index contributed by atoms with van der Waals surface area (Å²) in [6, 6.07) is 12.9. The van der Waals surface area contributed by atoms with Crippen LogP contribution in [0.3, 0.4) is 0 Å². The molecule has 0 aliphatic heterocycles. The van der Waals surface area contributed by atoms with Crippen molar-refractivity contribution >= 4 is 5.78 Å². The van der Waals surface area contributed by atoms with Gasteiger partial charge in [0.1, 0.15) is 11.9 Å². The van der Waals surface area contributed by atoms with E-state index in [0.29, 0.717) is 12.0 Å². The van der Waals surface area contributed by atoms with E-state index < -0.39 is 12.5 Å². The molecule has 0 bridgehead atoms. The average molecular weight is 338 g/mol. The average Bonchev–Trinajstić information content (AvgIpc) is 2.51. The van der Waals surface area contributed by atoms with Crippen LogP contribution in [0.4, 0.5) is 13.2 Å². The van der Waals surface area contributed by atoms with Gasteiger partial charge in [0, 0.05) is 6.42 Å². The summed E-state index contributed by atoms with van der Waals surface area (Å²) in [7, 11) is 0. The van der Waals surface area contributed by atoms with E-state index in [9.17, 15) is 18.0 Å². The molecule has 1 N–H and O–H groups in total. The van der Waals surface area contributed by atoms with Gasteiger partial charge >= 0.3 is 6.36 Å². The first-order chi connectivity index (χ1) is 11.2. The Morgan fingerprint density at radius 3 is 2.38 bits per heavy atom. The maximum Gasteiger partial charge on any atom is 0.573 e. The van der Waals surface area contributed by atoms with Crippen LogP contribution in [0, 0.1) is 0 Å². The zero-order valence-corrected chi connectivity index (χ0v) is 13.0. The van der Waals surface area contributed by atoms with E-state index in [-0.39, 0.29) is 18.0 Å². The van der Waals surface area contributed by atoms with Crippen molar-refractivity contribution in [3.05, 3.63) is 54.1 Å². The van der Waals surface area contributed by atoms with Crippen molar-refractivity contribution in [2.45, 2.75) is 32.2 Å². The van der Waals surface area contributed by atoms with E-state index in [1.54, 1.807) is 18.2 Å². The minimum Gasteiger partial charge on any atom is -0.406 e. The largest absolute Gasteiger partial charge is 0.573 e. The summed E-state index contributed by atoms with van der Waals surface area (Å²) in [5.74, 6) is -0.498. The Balaban J connectivity index is 2.08. The van der Waals surface area contributed by atoms with Crippen LogP contribution in [-0.2, 0) is 11.2 Å². The van der Waals surface area contributed by atoms with Crippen LogP contribution in [-0.4, -0.2) is 23.4 Å². The predicted octanol–water partition coefficient (Wildman–Crippen LogP) is 4.13. The highest BCUT2D eigenvalue weighted by atomic mass is 19.4. The quantitative estimate of drug-likeness (QED) is 0.861. The van der Waals surface area contributed by atoms with Crippen molar-refractivity contribution in [2.24, 2.45) is 0 Å². The second kappa shape index (κ2) is 7.49. The number of benzene rings is 2. The number of aliphatic hydroxyl groups excluding tert-OH is 1. The maximum atomic E-state index is 12.3. The summed E-state index contributed by atoms with van der Waals surface area (Å²) in [6.07, 6.45) is -4.95. The van der Waals surface area contributed by atoms with Crippen molar-refractivity contribution in [1.29, 1.82) is 0 Å². The molecule has 0 heterocycles. The van der Waals surface area contributed by atoms with Crippen molar-refractivity contribution in [3.63, 3.8) is 0 Å². The summed E-state index contributed by atoms with van der Waals surface area (Å²) in [4.78, 5) is 11.4. The minimum absolute atomic E-state index is 0.226. The zero-order valence-electron chi connectivity index (χ0n) is 13.0. The minimum atomic E-state index is -4.72. The lowest BCUT2D eigenvalue weighted by Crippen LogP contribution is -2.17. The van der Waals surface area contributed by atoms with E-state index in [1.807, 2.05) is 12.1 Å². The van der Waals surface area contributed by atoms with Gasteiger partial charge in [-0.15, -0.1) is 13.2 Å². The third-order valence-corrected chi connectivity index (χ3v) is 3.48. The summed E-state index contributed by atoms with van der Waals surface area (Å²) in [6.45, 7) is 1.43. The number of aliphatic hydroxyl groups is 1. The molecule has 128 valence electrons. The van der Waals surface area contributed by atoms with Gasteiger partial charge < -0.3 is 9.84 Å². The van der Waals surface area contributed by atoms with Crippen LogP contribution in [0.15, 0.2) is 48.5 Å². The highest BCUT2D eigenvalue weighted by Gasteiger charge is 2.31. The third kappa shape index (κ3) is 5.38. The SMILES string of the molecule is CC(O)C(=O)CCc1ccc(-c2cccc(OC(F)(F)F)c2)cc1. The number of halogens is 3. The number of hydrogen-bond donors (Lipinski definition) is 1.